The zero-order valence-electron chi connectivity index (χ0n) is 8.42. The molecule has 0 aromatic heterocycles. The molecule has 16 heavy (non-hydrogen) atoms. The number of para-hydroxylation sites is 1. The summed E-state index contributed by atoms with van der Waals surface area (Å²) < 4.78 is 4.64. The van der Waals surface area contributed by atoms with Gasteiger partial charge in [0.05, 0.1) is 11.6 Å². The van der Waals surface area contributed by atoms with Gasteiger partial charge in [0.15, 0.2) is 6.10 Å². The van der Waals surface area contributed by atoms with Crippen molar-refractivity contribution in [2.45, 2.75) is 12.2 Å². The highest BCUT2D eigenvalue weighted by atomic mass is 79.9. The van der Waals surface area contributed by atoms with Crippen LogP contribution in [0.25, 0.3) is 0 Å². The van der Waals surface area contributed by atoms with Gasteiger partial charge in [0.25, 0.3) is 0 Å². The lowest BCUT2D eigenvalue weighted by molar-refractivity contribution is -0.156. The standard InChI is InChI=1S/C10H11BrO5/c1-16-10(15)9(14)8(13)5-3-2-4-6(11)7(5)12/h2-4,8-9,12-14H,1H3. The van der Waals surface area contributed by atoms with Gasteiger partial charge >= 0.3 is 5.97 Å². The predicted molar refractivity (Wildman–Crippen MR) is 58.8 cm³/mol. The van der Waals surface area contributed by atoms with Crippen LogP contribution in [-0.2, 0) is 9.53 Å². The van der Waals surface area contributed by atoms with Gasteiger partial charge in [-0.2, -0.15) is 0 Å². The highest BCUT2D eigenvalue weighted by molar-refractivity contribution is 9.10. The van der Waals surface area contributed by atoms with Crippen molar-refractivity contribution in [3.63, 3.8) is 0 Å². The molecule has 1 aromatic carbocycles. The van der Waals surface area contributed by atoms with E-state index in [1.54, 1.807) is 12.1 Å². The molecule has 0 saturated heterocycles. The number of aliphatic hydroxyl groups excluding tert-OH is 2. The second-order valence-electron chi connectivity index (χ2n) is 3.09. The van der Waals surface area contributed by atoms with Gasteiger partial charge in [0.2, 0.25) is 0 Å². The molecule has 0 fully saturated rings. The molecule has 6 heteroatoms. The van der Waals surface area contributed by atoms with E-state index in [4.69, 9.17) is 0 Å². The van der Waals surface area contributed by atoms with Gasteiger partial charge in [-0.25, -0.2) is 4.79 Å². The van der Waals surface area contributed by atoms with E-state index in [-0.39, 0.29) is 11.3 Å². The highest BCUT2D eigenvalue weighted by Crippen LogP contribution is 2.33. The maximum absolute atomic E-state index is 11.0. The average molecular weight is 291 g/mol. The summed E-state index contributed by atoms with van der Waals surface area (Å²) in [5, 5.41) is 28.7. The molecule has 2 unspecified atom stereocenters. The normalized spacial score (nSPS) is 14.2. The third-order valence-corrected chi connectivity index (χ3v) is 2.72. The van der Waals surface area contributed by atoms with Gasteiger partial charge in [-0.1, -0.05) is 12.1 Å². The number of hydrogen-bond donors (Lipinski definition) is 3. The van der Waals surface area contributed by atoms with Crippen LogP contribution in [0, 0.1) is 0 Å². The summed E-state index contributed by atoms with van der Waals surface area (Å²) >= 11 is 3.06. The molecule has 2 atom stereocenters. The van der Waals surface area contributed by atoms with Crippen LogP contribution >= 0.6 is 15.9 Å². The van der Waals surface area contributed by atoms with E-state index in [1.165, 1.54) is 6.07 Å². The third-order valence-electron chi connectivity index (χ3n) is 2.08. The van der Waals surface area contributed by atoms with E-state index in [2.05, 4.69) is 20.7 Å². The SMILES string of the molecule is COC(=O)C(O)C(O)c1cccc(Br)c1O. The number of ether oxygens (including phenoxy) is 1. The van der Waals surface area contributed by atoms with Crippen LogP contribution in [0.4, 0.5) is 0 Å². The topological polar surface area (TPSA) is 87.0 Å². The molecule has 0 aliphatic rings. The number of carbonyl (C=O) groups is 1. The first-order valence-electron chi connectivity index (χ1n) is 4.40. The van der Waals surface area contributed by atoms with Crippen molar-refractivity contribution in [3.05, 3.63) is 28.2 Å². The lowest BCUT2D eigenvalue weighted by atomic mass is 10.0. The van der Waals surface area contributed by atoms with E-state index in [1.807, 2.05) is 0 Å². The Kier molecular flexibility index (Phi) is 4.28. The Morgan fingerprint density at radius 1 is 1.44 bits per heavy atom. The lowest BCUT2D eigenvalue weighted by Gasteiger charge is -2.17. The van der Waals surface area contributed by atoms with Gasteiger partial charge in [0, 0.05) is 5.56 Å². The molecule has 0 aliphatic heterocycles. The van der Waals surface area contributed by atoms with Gasteiger partial charge in [0.1, 0.15) is 11.9 Å². The number of aliphatic hydroxyl groups is 2. The Balaban J connectivity index is 3.00. The first-order valence-corrected chi connectivity index (χ1v) is 5.19. The smallest absolute Gasteiger partial charge is 0.337 e. The summed E-state index contributed by atoms with van der Waals surface area (Å²) in [4.78, 5) is 11.0. The van der Waals surface area contributed by atoms with Gasteiger partial charge in [-0.15, -0.1) is 0 Å². The maximum atomic E-state index is 11.0. The molecule has 0 radical (unpaired) electrons. The van der Waals surface area contributed by atoms with Crippen LogP contribution in [0.1, 0.15) is 11.7 Å². The summed E-state index contributed by atoms with van der Waals surface area (Å²) in [6.45, 7) is 0. The first-order chi connectivity index (χ1) is 7.49. The van der Waals surface area contributed by atoms with Crippen molar-refractivity contribution >= 4 is 21.9 Å². The second kappa shape index (κ2) is 5.29. The van der Waals surface area contributed by atoms with Gasteiger partial charge in [-0.3, -0.25) is 0 Å². The molecular weight excluding hydrogens is 280 g/mol. The largest absolute Gasteiger partial charge is 0.506 e. The minimum absolute atomic E-state index is 0.0484. The molecule has 1 rings (SSSR count). The van der Waals surface area contributed by atoms with Crippen molar-refractivity contribution < 1.29 is 24.9 Å². The van der Waals surface area contributed by atoms with E-state index < -0.39 is 18.2 Å². The molecule has 0 bridgehead atoms. The minimum Gasteiger partial charge on any atom is -0.506 e. The number of phenols is 1. The molecular formula is C10H11BrO5. The maximum Gasteiger partial charge on any atom is 0.337 e. The van der Waals surface area contributed by atoms with E-state index in [0.29, 0.717) is 4.47 Å². The van der Waals surface area contributed by atoms with Gasteiger partial charge < -0.3 is 20.1 Å². The van der Waals surface area contributed by atoms with Crippen molar-refractivity contribution in [1.82, 2.24) is 0 Å². The number of methoxy groups -OCH3 is 1. The number of aromatic hydroxyl groups is 1. The Morgan fingerprint density at radius 3 is 2.62 bits per heavy atom. The number of carbonyl (C=O) groups excluding carboxylic acids is 1. The lowest BCUT2D eigenvalue weighted by Crippen LogP contribution is -2.29. The fraction of sp³-hybridized carbons (Fsp3) is 0.300. The number of rotatable bonds is 3. The average Bonchev–Trinajstić information content (AvgIpc) is 2.29. The summed E-state index contributed by atoms with van der Waals surface area (Å²) in [5.74, 6) is -1.19. The zero-order valence-corrected chi connectivity index (χ0v) is 10.0. The van der Waals surface area contributed by atoms with Crippen LogP contribution in [0.3, 0.4) is 0 Å². The summed E-state index contributed by atoms with van der Waals surface area (Å²) in [5.41, 5.74) is 0.0484. The number of halogens is 1. The van der Waals surface area contributed by atoms with Crippen LogP contribution in [0.15, 0.2) is 22.7 Å². The second-order valence-corrected chi connectivity index (χ2v) is 3.94. The van der Waals surface area contributed by atoms with Crippen molar-refractivity contribution in [2.75, 3.05) is 7.11 Å². The summed E-state index contributed by atoms with van der Waals surface area (Å²) in [7, 11) is 1.10. The number of benzene rings is 1. The molecule has 0 aliphatic carbocycles. The summed E-state index contributed by atoms with van der Waals surface area (Å²) in [6.07, 6.45) is -3.27. The molecule has 88 valence electrons. The predicted octanol–water partition coefficient (Wildman–Crippen LogP) is 0.722. The highest BCUT2D eigenvalue weighted by Gasteiger charge is 2.28. The monoisotopic (exact) mass is 290 g/mol. The number of hydrogen-bond acceptors (Lipinski definition) is 5. The Morgan fingerprint density at radius 2 is 2.06 bits per heavy atom. The van der Waals surface area contributed by atoms with Crippen molar-refractivity contribution in [1.29, 1.82) is 0 Å². The quantitative estimate of drug-likeness (QED) is 0.714. The van der Waals surface area contributed by atoms with E-state index >= 15 is 0 Å². The van der Waals surface area contributed by atoms with Crippen molar-refractivity contribution in [3.8, 4) is 5.75 Å². The third kappa shape index (κ3) is 2.52. The van der Waals surface area contributed by atoms with Crippen LogP contribution in [-0.4, -0.2) is 34.5 Å². The van der Waals surface area contributed by atoms with Crippen LogP contribution in [0.5, 0.6) is 5.75 Å². The first kappa shape index (κ1) is 13.0. The van der Waals surface area contributed by atoms with Crippen LogP contribution in [0.2, 0.25) is 0 Å². The molecule has 3 N–H and O–H groups in total. The molecule has 5 nitrogen and oxygen atoms in total. The zero-order chi connectivity index (χ0) is 12.3. The van der Waals surface area contributed by atoms with E-state index in [9.17, 15) is 20.1 Å². The van der Waals surface area contributed by atoms with E-state index in [0.717, 1.165) is 7.11 Å². The molecule has 0 spiro atoms. The fourth-order valence-electron chi connectivity index (χ4n) is 1.19. The summed E-state index contributed by atoms with van der Waals surface area (Å²) in [6, 6.07) is 4.53. The Labute approximate surface area is 100 Å². The molecule has 1 aromatic rings. The van der Waals surface area contributed by atoms with Gasteiger partial charge in [-0.05, 0) is 22.0 Å². The molecule has 0 amide bonds. The Bertz CT molecular complexity index is 393. The molecule has 0 saturated carbocycles. The van der Waals surface area contributed by atoms with Crippen molar-refractivity contribution in [2.24, 2.45) is 0 Å². The number of esters is 1. The minimum atomic E-state index is -1.73. The van der Waals surface area contributed by atoms with Crippen LogP contribution < -0.4 is 0 Å². The fourth-order valence-corrected chi connectivity index (χ4v) is 1.57. The number of phenolic OH excluding ortho intramolecular Hbond substituents is 1. The Hall–Kier alpha value is -1.11. The molecule has 0 heterocycles.